The molecule has 4 N–H and O–H groups in total. The van der Waals surface area contributed by atoms with E-state index in [4.69, 9.17) is 5.73 Å². The Kier molecular flexibility index (Phi) is 6.20. The SMILES string of the molecule is CCCNc1cc(NCCOC(N)=O)nc(C(C)(C)C)n1. The number of nitrogens with two attached hydrogens (primary N) is 1. The molecular formula is C14H25N5O2. The third-order valence-corrected chi connectivity index (χ3v) is 2.61. The molecule has 0 saturated carbocycles. The van der Waals surface area contributed by atoms with Gasteiger partial charge in [-0.05, 0) is 6.42 Å². The van der Waals surface area contributed by atoms with Crippen molar-refractivity contribution >= 4 is 17.7 Å². The molecule has 0 aromatic carbocycles. The number of carbonyl (C=O) groups is 1. The number of hydrogen-bond acceptors (Lipinski definition) is 6. The third-order valence-electron chi connectivity index (χ3n) is 2.61. The van der Waals surface area contributed by atoms with Crippen molar-refractivity contribution in [3.05, 3.63) is 11.9 Å². The van der Waals surface area contributed by atoms with E-state index in [1.807, 2.05) is 6.07 Å². The summed E-state index contributed by atoms with van der Waals surface area (Å²) < 4.78 is 4.67. The maximum absolute atomic E-state index is 10.5. The minimum Gasteiger partial charge on any atom is -0.448 e. The molecule has 118 valence electrons. The number of rotatable bonds is 7. The molecule has 1 heterocycles. The first-order chi connectivity index (χ1) is 9.82. The molecule has 0 bridgehead atoms. The standard InChI is InChI=1S/C14H25N5O2/c1-5-6-16-10-9-11(17-7-8-21-13(15)20)19-12(18-10)14(2,3)4/h9H,5-8H2,1-4H3,(H2,15,20)(H2,16,17,18,19). The molecule has 0 radical (unpaired) electrons. The molecule has 0 spiro atoms. The molecule has 0 saturated heterocycles. The van der Waals surface area contributed by atoms with Crippen LogP contribution >= 0.6 is 0 Å². The maximum atomic E-state index is 10.5. The molecule has 0 atom stereocenters. The zero-order chi connectivity index (χ0) is 15.9. The summed E-state index contributed by atoms with van der Waals surface area (Å²) in [6.45, 7) is 9.77. The molecule has 0 fully saturated rings. The Morgan fingerprint density at radius 2 is 1.81 bits per heavy atom. The van der Waals surface area contributed by atoms with Crippen molar-refractivity contribution in [3.8, 4) is 0 Å². The molecule has 1 rings (SSSR count). The van der Waals surface area contributed by atoms with E-state index in [1.165, 1.54) is 0 Å². The molecule has 0 aliphatic carbocycles. The predicted molar refractivity (Wildman–Crippen MR) is 83.5 cm³/mol. The van der Waals surface area contributed by atoms with Gasteiger partial charge in [-0.15, -0.1) is 0 Å². The molecule has 0 unspecified atom stereocenters. The van der Waals surface area contributed by atoms with Crippen LogP contribution in [0, 0.1) is 0 Å². The highest BCUT2D eigenvalue weighted by atomic mass is 16.5. The maximum Gasteiger partial charge on any atom is 0.404 e. The quantitative estimate of drug-likeness (QED) is 0.666. The van der Waals surface area contributed by atoms with Crippen molar-refractivity contribution in [2.24, 2.45) is 5.73 Å². The summed E-state index contributed by atoms with van der Waals surface area (Å²) in [4.78, 5) is 19.5. The summed E-state index contributed by atoms with van der Waals surface area (Å²) in [6, 6.07) is 1.84. The summed E-state index contributed by atoms with van der Waals surface area (Å²) in [7, 11) is 0. The average molecular weight is 295 g/mol. The van der Waals surface area contributed by atoms with Crippen molar-refractivity contribution in [3.63, 3.8) is 0 Å². The van der Waals surface area contributed by atoms with Gasteiger partial charge >= 0.3 is 6.09 Å². The van der Waals surface area contributed by atoms with Gasteiger partial charge in [-0.2, -0.15) is 0 Å². The highest BCUT2D eigenvalue weighted by Crippen LogP contribution is 2.22. The van der Waals surface area contributed by atoms with E-state index in [1.54, 1.807) is 0 Å². The topological polar surface area (TPSA) is 102 Å². The fraction of sp³-hybridized carbons (Fsp3) is 0.643. The lowest BCUT2D eigenvalue weighted by molar-refractivity contribution is 0.161. The molecule has 7 nitrogen and oxygen atoms in total. The number of primary amides is 1. The largest absolute Gasteiger partial charge is 0.448 e. The second kappa shape index (κ2) is 7.66. The number of aromatic nitrogens is 2. The fourth-order valence-electron chi connectivity index (χ4n) is 1.55. The van der Waals surface area contributed by atoms with Crippen molar-refractivity contribution in [2.45, 2.75) is 39.5 Å². The van der Waals surface area contributed by atoms with Crippen molar-refractivity contribution in [2.75, 3.05) is 30.3 Å². The van der Waals surface area contributed by atoms with Gasteiger partial charge in [0.05, 0.1) is 6.54 Å². The Balaban J connectivity index is 2.78. The molecule has 7 heteroatoms. The predicted octanol–water partition coefficient (Wildman–Crippen LogP) is 2.10. The fourth-order valence-corrected chi connectivity index (χ4v) is 1.55. The minimum absolute atomic E-state index is 0.149. The minimum atomic E-state index is -0.778. The summed E-state index contributed by atoms with van der Waals surface area (Å²) in [6.07, 6.45) is 0.240. The van der Waals surface area contributed by atoms with E-state index in [-0.39, 0.29) is 12.0 Å². The Morgan fingerprint density at radius 3 is 2.29 bits per heavy atom. The van der Waals surface area contributed by atoms with Gasteiger partial charge in [0.15, 0.2) is 0 Å². The van der Waals surface area contributed by atoms with E-state index < -0.39 is 6.09 Å². The number of amides is 1. The van der Waals surface area contributed by atoms with Crippen LogP contribution in [0.15, 0.2) is 6.07 Å². The van der Waals surface area contributed by atoms with Crippen LogP contribution in [-0.4, -0.2) is 35.8 Å². The van der Waals surface area contributed by atoms with Crippen LogP contribution in [-0.2, 0) is 10.2 Å². The van der Waals surface area contributed by atoms with Gasteiger partial charge in [0, 0.05) is 18.0 Å². The molecule has 21 heavy (non-hydrogen) atoms. The molecular weight excluding hydrogens is 270 g/mol. The summed E-state index contributed by atoms with van der Waals surface area (Å²) >= 11 is 0. The smallest absolute Gasteiger partial charge is 0.404 e. The van der Waals surface area contributed by atoms with Crippen LogP contribution in [0.1, 0.15) is 39.9 Å². The highest BCUT2D eigenvalue weighted by Gasteiger charge is 2.19. The first-order valence-electron chi connectivity index (χ1n) is 7.12. The van der Waals surface area contributed by atoms with E-state index in [0.717, 1.165) is 24.6 Å². The van der Waals surface area contributed by atoms with Crippen LogP contribution in [0.4, 0.5) is 16.4 Å². The number of nitrogens with zero attached hydrogens (tertiary/aromatic N) is 2. The molecule has 1 amide bonds. The van der Waals surface area contributed by atoms with Crippen LogP contribution < -0.4 is 16.4 Å². The van der Waals surface area contributed by atoms with Crippen LogP contribution in [0.25, 0.3) is 0 Å². The van der Waals surface area contributed by atoms with Gasteiger partial charge < -0.3 is 21.1 Å². The third kappa shape index (κ3) is 6.29. The number of ether oxygens (including phenoxy) is 1. The van der Waals surface area contributed by atoms with E-state index in [9.17, 15) is 4.79 Å². The van der Waals surface area contributed by atoms with Gasteiger partial charge in [0.25, 0.3) is 0 Å². The van der Waals surface area contributed by atoms with E-state index in [2.05, 4.69) is 53.0 Å². The number of nitrogens with one attached hydrogen (secondary N) is 2. The van der Waals surface area contributed by atoms with Crippen LogP contribution in [0.2, 0.25) is 0 Å². The van der Waals surface area contributed by atoms with Gasteiger partial charge in [0.2, 0.25) is 0 Å². The van der Waals surface area contributed by atoms with E-state index in [0.29, 0.717) is 12.4 Å². The van der Waals surface area contributed by atoms with Gasteiger partial charge in [-0.25, -0.2) is 14.8 Å². The van der Waals surface area contributed by atoms with Crippen molar-refractivity contribution in [1.29, 1.82) is 0 Å². The normalized spacial score (nSPS) is 11.0. The van der Waals surface area contributed by atoms with Gasteiger partial charge in [-0.1, -0.05) is 27.7 Å². The van der Waals surface area contributed by atoms with Crippen LogP contribution in [0.5, 0.6) is 0 Å². The number of carbonyl (C=O) groups excluding carboxylic acids is 1. The Bertz CT molecular complexity index is 471. The second-order valence-corrected chi connectivity index (χ2v) is 5.73. The Hall–Kier alpha value is -2.05. The number of anilines is 2. The van der Waals surface area contributed by atoms with Crippen molar-refractivity contribution < 1.29 is 9.53 Å². The molecule has 1 aromatic rings. The van der Waals surface area contributed by atoms with Gasteiger partial charge in [0.1, 0.15) is 24.1 Å². The molecule has 0 aliphatic rings. The van der Waals surface area contributed by atoms with Gasteiger partial charge in [-0.3, -0.25) is 0 Å². The summed E-state index contributed by atoms with van der Waals surface area (Å²) in [5.41, 5.74) is 4.76. The van der Waals surface area contributed by atoms with Crippen LogP contribution in [0.3, 0.4) is 0 Å². The zero-order valence-electron chi connectivity index (χ0n) is 13.2. The highest BCUT2D eigenvalue weighted by molar-refractivity contribution is 5.64. The Morgan fingerprint density at radius 1 is 1.24 bits per heavy atom. The average Bonchev–Trinajstić information content (AvgIpc) is 2.40. The second-order valence-electron chi connectivity index (χ2n) is 5.73. The first kappa shape index (κ1) is 17.0. The summed E-state index contributed by atoms with van der Waals surface area (Å²) in [5, 5.41) is 6.36. The lowest BCUT2D eigenvalue weighted by atomic mass is 9.96. The summed E-state index contributed by atoms with van der Waals surface area (Å²) in [5.74, 6) is 2.23. The van der Waals surface area contributed by atoms with Crippen molar-refractivity contribution in [1.82, 2.24) is 9.97 Å². The molecule has 1 aromatic heterocycles. The Labute approximate surface area is 125 Å². The lowest BCUT2D eigenvalue weighted by Gasteiger charge is -2.19. The monoisotopic (exact) mass is 295 g/mol. The lowest BCUT2D eigenvalue weighted by Crippen LogP contribution is -2.21. The number of hydrogen-bond donors (Lipinski definition) is 3. The first-order valence-corrected chi connectivity index (χ1v) is 7.12. The molecule has 0 aliphatic heterocycles. The van der Waals surface area contributed by atoms with E-state index >= 15 is 0 Å². The zero-order valence-corrected chi connectivity index (χ0v) is 13.2.